The minimum atomic E-state index is -0.110. The summed E-state index contributed by atoms with van der Waals surface area (Å²) in [7, 11) is 0. The molecule has 3 rings (SSSR count). The van der Waals surface area contributed by atoms with E-state index in [9.17, 15) is 4.79 Å². The van der Waals surface area contributed by atoms with E-state index in [4.69, 9.17) is 0 Å². The fourth-order valence-electron chi connectivity index (χ4n) is 2.66. The van der Waals surface area contributed by atoms with E-state index in [0.717, 1.165) is 38.2 Å². The quantitative estimate of drug-likeness (QED) is 0.829. The van der Waals surface area contributed by atoms with Crippen LogP contribution in [0.2, 0.25) is 0 Å². The number of hydrogen-bond acceptors (Lipinski definition) is 3. The molecule has 0 saturated carbocycles. The fraction of sp³-hybridized carbons (Fsp3) is 0.294. The molecule has 22 heavy (non-hydrogen) atoms. The highest BCUT2D eigenvalue weighted by atomic mass is 32.1. The van der Waals surface area contributed by atoms with Crippen LogP contribution >= 0.6 is 11.3 Å². The Labute approximate surface area is 134 Å². The van der Waals surface area contributed by atoms with Gasteiger partial charge in [-0.2, -0.15) is 5.10 Å². The average molecular weight is 314 g/mol. The molecule has 2 heterocycles. The van der Waals surface area contributed by atoms with Gasteiger partial charge >= 0.3 is 0 Å². The van der Waals surface area contributed by atoms with Crippen LogP contribution in [0.4, 0.5) is 0 Å². The number of benzene rings is 1. The highest BCUT2D eigenvalue weighted by Crippen LogP contribution is 2.07. The van der Waals surface area contributed by atoms with E-state index in [1.165, 1.54) is 16.9 Å². The van der Waals surface area contributed by atoms with Crippen LogP contribution in [-0.4, -0.2) is 24.7 Å². The van der Waals surface area contributed by atoms with Crippen LogP contribution < -0.4 is 10.3 Å². The number of likely N-dealkylation sites (tertiary alicyclic amines) is 1. The summed E-state index contributed by atoms with van der Waals surface area (Å²) in [6.45, 7) is 3.21. The first kappa shape index (κ1) is 14.9. The van der Waals surface area contributed by atoms with Crippen molar-refractivity contribution in [3.05, 3.63) is 58.3 Å². The van der Waals surface area contributed by atoms with Gasteiger partial charge in [0.2, 0.25) is 0 Å². The Bertz CT molecular complexity index is 627. The van der Waals surface area contributed by atoms with E-state index in [1.807, 2.05) is 17.5 Å². The zero-order chi connectivity index (χ0) is 15.2. The second-order valence-electron chi connectivity index (χ2n) is 5.51. The molecule has 0 bridgehead atoms. The summed E-state index contributed by atoms with van der Waals surface area (Å²) in [5.74, 6) is -0.110. The molecule has 1 aromatic carbocycles. The normalized spacial score (nSPS) is 18.0. The lowest BCUT2D eigenvalue weighted by molar-refractivity contribution is -0.914. The molecule has 114 valence electrons. The molecule has 0 atom stereocenters. The Morgan fingerprint density at radius 2 is 1.91 bits per heavy atom. The van der Waals surface area contributed by atoms with E-state index in [0.29, 0.717) is 4.88 Å². The number of hydrogen-bond donors (Lipinski definition) is 2. The van der Waals surface area contributed by atoms with Crippen molar-refractivity contribution in [2.45, 2.75) is 19.4 Å². The monoisotopic (exact) mass is 314 g/mol. The van der Waals surface area contributed by atoms with Crippen LogP contribution in [-0.2, 0) is 6.54 Å². The molecular formula is C17H20N3OS+. The predicted octanol–water partition coefficient (Wildman–Crippen LogP) is 1.71. The Balaban J connectivity index is 1.47. The SMILES string of the molecule is O=C(NN=C1CC[NH+](Cc2ccccc2)CC1)c1cccs1. The molecule has 1 amide bonds. The van der Waals surface area contributed by atoms with E-state index in [1.54, 1.807) is 4.90 Å². The first-order valence-electron chi connectivity index (χ1n) is 7.58. The molecule has 1 saturated heterocycles. The van der Waals surface area contributed by atoms with Gasteiger partial charge in [0.05, 0.1) is 18.0 Å². The van der Waals surface area contributed by atoms with Crippen LogP contribution in [0.25, 0.3) is 0 Å². The van der Waals surface area contributed by atoms with Gasteiger partial charge in [-0.25, -0.2) is 5.43 Å². The van der Waals surface area contributed by atoms with E-state index in [-0.39, 0.29) is 5.91 Å². The lowest BCUT2D eigenvalue weighted by Crippen LogP contribution is -3.11. The van der Waals surface area contributed by atoms with Gasteiger partial charge in [-0.05, 0) is 11.4 Å². The van der Waals surface area contributed by atoms with Crippen molar-refractivity contribution >= 4 is 23.0 Å². The number of carbonyl (C=O) groups is 1. The summed E-state index contributed by atoms with van der Waals surface area (Å²) in [6, 6.07) is 14.3. The molecular weight excluding hydrogens is 294 g/mol. The summed E-state index contributed by atoms with van der Waals surface area (Å²) in [4.78, 5) is 14.1. The maximum atomic E-state index is 11.8. The van der Waals surface area contributed by atoms with Gasteiger partial charge in [-0.15, -0.1) is 11.3 Å². The van der Waals surface area contributed by atoms with E-state index in [2.05, 4.69) is 40.9 Å². The third-order valence-electron chi connectivity index (χ3n) is 3.89. The molecule has 2 aromatic rings. The van der Waals surface area contributed by atoms with Gasteiger partial charge in [0.25, 0.3) is 5.91 Å². The van der Waals surface area contributed by atoms with Gasteiger partial charge in [-0.3, -0.25) is 4.79 Å². The molecule has 5 heteroatoms. The molecule has 1 aliphatic heterocycles. The lowest BCUT2D eigenvalue weighted by atomic mass is 10.1. The van der Waals surface area contributed by atoms with Gasteiger partial charge in [-0.1, -0.05) is 36.4 Å². The summed E-state index contributed by atoms with van der Waals surface area (Å²) in [6.07, 6.45) is 1.90. The minimum absolute atomic E-state index is 0.110. The maximum absolute atomic E-state index is 11.8. The number of amides is 1. The van der Waals surface area contributed by atoms with Gasteiger partial charge in [0.15, 0.2) is 0 Å². The number of piperidine rings is 1. The largest absolute Gasteiger partial charge is 0.331 e. The number of quaternary nitrogens is 1. The van der Waals surface area contributed by atoms with Gasteiger partial charge < -0.3 is 4.90 Å². The van der Waals surface area contributed by atoms with Crippen LogP contribution in [0, 0.1) is 0 Å². The van der Waals surface area contributed by atoms with Gasteiger partial charge in [0, 0.05) is 24.1 Å². The molecule has 0 aliphatic carbocycles. The third kappa shape index (κ3) is 4.02. The van der Waals surface area contributed by atoms with Crippen molar-refractivity contribution in [3.8, 4) is 0 Å². The molecule has 1 aromatic heterocycles. The van der Waals surface area contributed by atoms with Crippen molar-refractivity contribution < 1.29 is 9.69 Å². The minimum Gasteiger partial charge on any atom is -0.331 e. The van der Waals surface area contributed by atoms with Crippen molar-refractivity contribution in [2.24, 2.45) is 5.10 Å². The summed E-state index contributed by atoms with van der Waals surface area (Å²) in [5, 5.41) is 6.19. The van der Waals surface area contributed by atoms with Crippen LogP contribution in [0.3, 0.4) is 0 Å². The van der Waals surface area contributed by atoms with E-state index >= 15 is 0 Å². The highest BCUT2D eigenvalue weighted by molar-refractivity contribution is 7.12. The Kier molecular flexibility index (Phi) is 4.98. The van der Waals surface area contributed by atoms with Crippen LogP contribution in [0.5, 0.6) is 0 Å². The number of nitrogens with one attached hydrogen (secondary N) is 2. The Hall–Kier alpha value is -1.98. The third-order valence-corrected chi connectivity index (χ3v) is 4.76. The number of thiophene rings is 1. The second-order valence-corrected chi connectivity index (χ2v) is 6.46. The van der Waals surface area contributed by atoms with Crippen molar-refractivity contribution in [3.63, 3.8) is 0 Å². The lowest BCUT2D eigenvalue weighted by Gasteiger charge is -2.24. The zero-order valence-electron chi connectivity index (χ0n) is 12.4. The fourth-order valence-corrected chi connectivity index (χ4v) is 3.27. The summed E-state index contributed by atoms with van der Waals surface area (Å²) >= 11 is 1.43. The van der Waals surface area contributed by atoms with Gasteiger partial charge in [0.1, 0.15) is 6.54 Å². The van der Waals surface area contributed by atoms with Crippen molar-refractivity contribution in [1.82, 2.24) is 5.43 Å². The Morgan fingerprint density at radius 1 is 1.14 bits per heavy atom. The average Bonchev–Trinajstić information content (AvgIpc) is 3.09. The first-order chi connectivity index (χ1) is 10.8. The first-order valence-corrected chi connectivity index (χ1v) is 8.46. The molecule has 1 fully saturated rings. The topological polar surface area (TPSA) is 45.9 Å². The molecule has 4 nitrogen and oxygen atoms in total. The number of rotatable bonds is 4. The number of nitrogens with zero attached hydrogens (tertiary/aromatic N) is 1. The Morgan fingerprint density at radius 3 is 2.59 bits per heavy atom. The van der Waals surface area contributed by atoms with E-state index < -0.39 is 0 Å². The number of carbonyl (C=O) groups excluding carboxylic acids is 1. The second kappa shape index (κ2) is 7.33. The van der Waals surface area contributed by atoms with Crippen molar-refractivity contribution in [2.75, 3.05) is 13.1 Å². The zero-order valence-corrected chi connectivity index (χ0v) is 13.2. The molecule has 0 radical (unpaired) electrons. The number of hydrazone groups is 1. The molecule has 1 aliphatic rings. The standard InChI is InChI=1S/C17H19N3OS/c21-17(16-7-4-12-22-16)19-18-15-8-10-20(11-9-15)13-14-5-2-1-3-6-14/h1-7,12H,8-11,13H2,(H,19,21)/p+1. The molecule has 0 spiro atoms. The van der Waals surface area contributed by atoms with Crippen LogP contribution in [0.15, 0.2) is 52.9 Å². The van der Waals surface area contributed by atoms with Crippen LogP contribution in [0.1, 0.15) is 28.1 Å². The maximum Gasteiger partial charge on any atom is 0.281 e. The highest BCUT2D eigenvalue weighted by Gasteiger charge is 2.18. The molecule has 2 N–H and O–H groups in total. The predicted molar refractivity (Wildman–Crippen MR) is 89.3 cm³/mol. The van der Waals surface area contributed by atoms with Crippen molar-refractivity contribution in [1.29, 1.82) is 0 Å². The summed E-state index contributed by atoms with van der Waals surface area (Å²) < 4.78 is 0. The smallest absolute Gasteiger partial charge is 0.281 e. The molecule has 0 unspecified atom stereocenters. The summed E-state index contributed by atoms with van der Waals surface area (Å²) in [5.41, 5.74) is 5.15.